The number of hydrogen-bond donors (Lipinski definition) is 2. The van der Waals surface area contributed by atoms with E-state index in [1.165, 1.54) is 12.1 Å². The fourth-order valence-electron chi connectivity index (χ4n) is 4.60. The van der Waals surface area contributed by atoms with Gasteiger partial charge in [0.25, 0.3) is 10.0 Å². The number of ether oxygens (including phenoxy) is 1. The molecule has 214 valence electrons. The quantitative estimate of drug-likeness (QED) is 0.217. The van der Waals surface area contributed by atoms with Crippen LogP contribution >= 0.6 is 11.6 Å². The third kappa shape index (κ3) is 5.86. The van der Waals surface area contributed by atoms with Crippen LogP contribution in [0.1, 0.15) is 29.2 Å². The summed E-state index contributed by atoms with van der Waals surface area (Å²) in [7, 11) is -4.54. The van der Waals surface area contributed by atoms with E-state index in [0.717, 1.165) is 22.5 Å². The largest absolute Gasteiger partial charge is 0.458 e. The van der Waals surface area contributed by atoms with Crippen LogP contribution in [0.15, 0.2) is 70.4 Å². The summed E-state index contributed by atoms with van der Waals surface area (Å²) in [6, 6.07) is 12.4. The van der Waals surface area contributed by atoms with Gasteiger partial charge < -0.3 is 4.74 Å². The van der Waals surface area contributed by atoms with Gasteiger partial charge in [-0.25, -0.2) is 22.7 Å². The summed E-state index contributed by atoms with van der Waals surface area (Å²) in [5.74, 6) is -0.533. The molecule has 0 fully saturated rings. The second kappa shape index (κ2) is 10.7. The van der Waals surface area contributed by atoms with Crippen molar-refractivity contribution in [3.8, 4) is 6.01 Å². The molecule has 14 heteroatoms. The Hall–Kier alpha value is -4.10. The molecule has 0 amide bonds. The highest BCUT2D eigenvalue weighted by Gasteiger charge is 2.37. The summed E-state index contributed by atoms with van der Waals surface area (Å²) in [5.41, 5.74) is 0.119. The molecule has 2 N–H and O–H groups in total. The molecule has 1 unspecified atom stereocenters. The number of sulfonamides is 1. The number of aromatic amines is 2. The number of rotatable bonds is 6. The lowest BCUT2D eigenvalue weighted by Crippen LogP contribution is -2.45. The number of anilines is 1. The van der Waals surface area contributed by atoms with Crippen molar-refractivity contribution in [1.82, 2.24) is 15.2 Å². The first-order valence-corrected chi connectivity index (χ1v) is 13.9. The second-order valence-electron chi connectivity index (χ2n) is 9.30. The van der Waals surface area contributed by atoms with Crippen molar-refractivity contribution in [2.24, 2.45) is 0 Å². The molecule has 0 radical (unpaired) electrons. The molecule has 1 aliphatic heterocycles. The summed E-state index contributed by atoms with van der Waals surface area (Å²) < 4.78 is 89.0. The van der Waals surface area contributed by atoms with E-state index in [2.05, 4.69) is 15.2 Å². The molecule has 41 heavy (non-hydrogen) atoms. The average Bonchev–Trinajstić information content (AvgIpc) is 3.32. The molecule has 3 aromatic carbocycles. The Morgan fingerprint density at radius 2 is 1.90 bits per heavy atom. The molecule has 5 rings (SSSR count). The molecule has 1 aliphatic rings. The molecule has 8 nitrogen and oxygen atoms in total. The molecule has 0 bridgehead atoms. The molecule has 1 atom stereocenters. The van der Waals surface area contributed by atoms with E-state index in [1.54, 1.807) is 37.3 Å². The second-order valence-corrected chi connectivity index (χ2v) is 11.6. The zero-order chi connectivity index (χ0) is 29.5. The number of nitrogens with one attached hydrogen (secondary N) is 2. The highest BCUT2D eigenvalue weighted by atomic mass is 35.5. The van der Waals surface area contributed by atoms with Gasteiger partial charge in [-0.1, -0.05) is 41.9 Å². The molecule has 4 aromatic rings. The highest BCUT2D eigenvalue weighted by Crippen LogP contribution is 2.37. The maximum absolute atomic E-state index is 14.5. The predicted octanol–water partition coefficient (Wildman–Crippen LogP) is 5.67. The van der Waals surface area contributed by atoms with Crippen molar-refractivity contribution >= 4 is 39.0 Å². The Bertz CT molecular complexity index is 1800. The van der Waals surface area contributed by atoms with Crippen LogP contribution < -0.4 is 14.7 Å². The first kappa shape index (κ1) is 28.4. The number of fused-ring (bicyclic) bond motifs is 1. The maximum Gasteiger partial charge on any atom is 0.416 e. The zero-order valence-corrected chi connectivity index (χ0v) is 22.7. The number of hydrogen-bond acceptors (Lipinski definition) is 5. The number of alkyl halides is 3. The summed E-state index contributed by atoms with van der Waals surface area (Å²) in [4.78, 5) is 13.2. The number of nitrogens with zero attached hydrogens (tertiary/aromatic N) is 2. The first-order valence-electron chi connectivity index (χ1n) is 12.1. The summed E-state index contributed by atoms with van der Waals surface area (Å²) >= 11 is 6.19. The molecule has 0 saturated heterocycles. The topological polar surface area (TPSA) is 108 Å². The van der Waals surface area contributed by atoms with E-state index >= 15 is 0 Å². The molecule has 2 heterocycles. The number of aromatic nitrogens is 3. The van der Waals surface area contributed by atoms with Gasteiger partial charge in [0.05, 0.1) is 27.7 Å². The standard InChI is InChI=1S/C27H21ClF4N4O4S/c1-15(24-21(28)6-3-7-22(24)29)10-16-8-9-17-12-19(40-26-33-25(37)34-35-26)14-36(23(17)11-16)41(38,39)20-5-2-4-18(13-20)27(30,31)32/h2-11,13,19H,12,14H2,1H3,(H2,33,34,35,37). The van der Waals surface area contributed by atoms with Gasteiger partial charge in [-0.05, 0) is 60.0 Å². The minimum absolute atomic E-state index is 0.170. The van der Waals surface area contributed by atoms with E-state index in [9.17, 15) is 30.8 Å². The van der Waals surface area contributed by atoms with Gasteiger partial charge >= 0.3 is 17.9 Å². The molecule has 0 aliphatic carbocycles. The SMILES string of the molecule is CC(=Cc1ccc2c(c1)N(S(=O)(=O)c1cccc(C(F)(F)F)c1)CC(Oc1n[nH]c(=O)[nH]1)C2)c1c(F)cccc1Cl. The predicted molar refractivity (Wildman–Crippen MR) is 145 cm³/mol. The fourth-order valence-corrected chi connectivity index (χ4v) is 6.48. The lowest BCUT2D eigenvalue weighted by molar-refractivity contribution is -0.137. The lowest BCUT2D eigenvalue weighted by Gasteiger charge is -2.35. The van der Waals surface area contributed by atoms with E-state index in [0.29, 0.717) is 22.8 Å². The monoisotopic (exact) mass is 608 g/mol. The van der Waals surface area contributed by atoms with Crippen LogP contribution in [0.5, 0.6) is 6.01 Å². The summed E-state index contributed by atoms with van der Waals surface area (Å²) in [6.45, 7) is 1.35. The number of benzene rings is 3. The van der Waals surface area contributed by atoms with Crippen LogP contribution in [0, 0.1) is 5.82 Å². The number of allylic oxidation sites excluding steroid dienone is 1. The van der Waals surface area contributed by atoms with Crippen molar-refractivity contribution in [2.45, 2.75) is 30.5 Å². The van der Waals surface area contributed by atoms with Crippen LogP contribution in [0.2, 0.25) is 5.02 Å². The third-order valence-electron chi connectivity index (χ3n) is 6.44. The van der Waals surface area contributed by atoms with Crippen molar-refractivity contribution in [2.75, 3.05) is 10.8 Å². The lowest BCUT2D eigenvalue weighted by atomic mass is 9.97. The van der Waals surface area contributed by atoms with E-state index in [4.69, 9.17) is 16.3 Å². The van der Waals surface area contributed by atoms with Gasteiger partial charge in [0, 0.05) is 12.0 Å². The summed E-state index contributed by atoms with van der Waals surface area (Å²) in [5, 5.41) is 6.02. The van der Waals surface area contributed by atoms with Gasteiger partial charge in [-0.3, -0.25) is 9.29 Å². The molecule has 1 aromatic heterocycles. The molecular weight excluding hydrogens is 588 g/mol. The smallest absolute Gasteiger partial charge is 0.416 e. The van der Waals surface area contributed by atoms with Gasteiger partial charge in [0.15, 0.2) is 0 Å². The van der Waals surface area contributed by atoms with Gasteiger partial charge in [-0.2, -0.15) is 13.2 Å². The average molecular weight is 609 g/mol. The van der Waals surface area contributed by atoms with E-state index in [1.807, 2.05) is 0 Å². The minimum atomic E-state index is -4.76. The highest BCUT2D eigenvalue weighted by molar-refractivity contribution is 7.92. The maximum atomic E-state index is 14.5. The Kier molecular flexibility index (Phi) is 7.43. The van der Waals surface area contributed by atoms with Crippen molar-refractivity contribution in [3.05, 3.63) is 104 Å². The van der Waals surface area contributed by atoms with E-state index in [-0.39, 0.29) is 35.2 Å². The molecule has 0 spiro atoms. The first-order chi connectivity index (χ1) is 19.3. The van der Waals surface area contributed by atoms with Crippen LogP contribution in [-0.2, 0) is 22.6 Å². The zero-order valence-electron chi connectivity index (χ0n) is 21.2. The molecular formula is C27H21ClF4N4O4S. The summed E-state index contributed by atoms with van der Waals surface area (Å²) in [6.07, 6.45) is -3.79. The normalized spacial score (nSPS) is 16.0. The van der Waals surface area contributed by atoms with Gasteiger partial charge in [0.1, 0.15) is 11.9 Å². The van der Waals surface area contributed by atoms with Crippen LogP contribution in [0.25, 0.3) is 11.6 Å². The Balaban J connectivity index is 1.59. The minimum Gasteiger partial charge on any atom is -0.458 e. The Labute approximate surface area is 236 Å². The fraction of sp³-hybridized carbons (Fsp3) is 0.185. The Morgan fingerprint density at radius 3 is 2.59 bits per heavy atom. The van der Waals surface area contributed by atoms with Gasteiger partial charge in [0.2, 0.25) is 0 Å². The van der Waals surface area contributed by atoms with Crippen LogP contribution in [-0.4, -0.2) is 36.2 Å². The number of halogens is 5. The molecule has 0 saturated carbocycles. The van der Waals surface area contributed by atoms with Crippen molar-refractivity contribution < 1.29 is 30.7 Å². The Morgan fingerprint density at radius 1 is 1.15 bits per heavy atom. The van der Waals surface area contributed by atoms with Crippen LogP contribution in [0.4, 0.5) is 23.2 Å². The van der Waals surface area contributed by atoms with Crippen LogP contribution in [0.3, 0.4) is 0 Å². The third-order valence-corrected chi connectivity index (χ3v) is 8.53. The van der Waals surface area contributed by atoms with Crippen molar-refractivity contribution in [1.29, 1.82) is 0 Å². The van der Waals surface area contributed by atoms with Crippen molar-refractivity contribution in [3.63, 3.8) is 0 Å². The van der Waals surface area contributed by atoms with E-state index < -0.39 is 44.3 Å². The number of H-pyrrole nitrogens is 2. The van der Waals surface area contributed by atoms with Gasteiger partial charge in [-0.15, -0.1) is 5.10 Å².